The minimum Gasteiger partial charge on any atom is -0.310 e. The number of rotatable bonds is 6. The fraction of sp³-hybridized carbons (Fsp3) is 0. The lowest BCUT2D eigenvalue weighted by atomic mass is 9.93. The summed E-state index contributed by atoms with van der Waals surface area (Å²) < 4.78 is 1.00. The summed E-state index contributed by atoms with van der Waals surface area (Å²) in [5.74, 6) is 0. The second-order valence-electron chi connectivity index (χ2n) is 13.9. The van der Waals surface area contributed by atoms with Crippen molar-refractivity contribution in [2.75, 3.05) is 9.80 Å². The predicted octanol–water partition coefficient (Wildman–Crippen LogP) is 15.2. The summed E-state index contributed by atoms with van der Waals surface area (Å²) in [5.41, 5.74) is 6.60. The summed E-state index contributed by atoms with van der Waals surface area (Å²) >= 11 is 3.99. The van der Waals surface area contributed by atoms with Gasteiger partial charge in [0.25, 0.3) is 0 Å². The maximum Gasteiger partial charge on any atom is 0.0540 e. The lowest BCUT2D eigenvalue weighted by Gasteiger charge is -2.31. The molecule has 11 aromatic rings. The Bertz CT molecular complexity index is 2890. The van der Waals surface area contributed by atoms with Gasteiger partial charge in [-0.15, -0.1) is 0 Å². The molecule has 0 atom stereocenters. The zero-order valence-corrected chi connectivity index (χ0v) is 30.3. The SMILES string of the molecule is Brc1cc(N(c2ccccc2)c2ccc3ccc4cccc5ccc2c3c45)cc(N(c2ccccc2)c2ccc3ccc4cccc5ccc2c3c45)c1. The van der Waals surface area contributed by atoms with Gasteiger partial charge in [-0.3, -0.25) is 0 Å². The van der Waals surface area contributed by atoms with E-state index in [9.17, 15) is 0 Å². The Balaban J connectivity index is 1.17. The summed E-state index contributed by atoms with van der Waals surface area (Å²) in [4.78, 5) is 4.82. The lowest BCUT2D eigenvalue weighted by molar-refractivity contribution is 1.26. The van der Waals surface area contributed by atoms with Crippen molar-refractivity contribution in [2.24, 2.45) is 0 Å². The summed E-state index contributed by atoms with van der Waals surface area (Å²) in [6, 6.07) is 68.8. The van der Waals surface area contributed by atoms with E-state index in [0.717, 1.165) is 38.6 Å². The molecule has 0 radical (unpaired) electrons. The molecular weight excluding hydrogens is 708 g/mol. The van der Waals surface area contributed by atoms with Crippen LogP contribution in [0.1, 0.15) is 0 Å². The van der Waals surface area contributed by atoms with E-state index >= 15 is 0 Å². The molecule has 0 saturated heterocycles. The van der Waals surface area contributed by atoms with Crippen molar-refractivity contribution in [3.8, 4) is 0 Å². The molecular formula is C50H31BrN2. The molecule has 3 heteroatoms. The van der Waals surface area contributed by atoms with Gasteiger partial charge in [0, 0.05) is 38.0 Å². The maximum absolute atomic E-state index is 3.99. The number of benzene rings is 11. The predicted molar refractivity (Wildman–Crippen MR) is 231 cm³/mol. The number of anilines is 6. The molecule has 0 bridgehead atoms. The minimum atomic E-state index is 1.00. The topological polar surface area (TPSA) is 6.48 Å². The van der Waals surface area contributed by atoms with Crippen molar-refractivity contribution in [1.29, 1.82) is 0 Å². The highest BCUT2D eigenvalue weighted by atomic mass is 79.9. The Labute approximate surface area is 315 Å². The molecule has 0 fully saturated rings. The number of nitrogens with zero attached hydrogens (tertiary/aromatic N) is 2. The van der Waals surface area contributed by atoms with Gasteiger partial charge in [-0.1, -0.05) is 149 Å². The molecule has 2 nitrogen and oxygen atoms in total. The van der Waals surface area contributed by atoms with E-state index in [1.54, 1.807) is 0 Å². The van der Waals surface area contributed by atoms with Crippen molar-refractivity contribution in [3.63, 3.8) is 0 Å². The Morgan fingerprint density at radius 1 is 0.283 bits per heavy atom. The lowest BCUT2D eigenvalue weighted by Crippen LogP contribution is -2.14. The van der Waals surface area contributed by atoms with Crippen molar-refractivity contribution in [2.45, 2.75) is 0 Å². The van der Waals surface area contributed by atoms with Crippen LogP contribution in [0.2, 0.25) is 0 Å². The van der Waals surface area contributed by atoms with E-state index in [1.165, 1.54) is 64.6 Å². The van der Waals surface area contributed by atoms with Gasteiger partial charge in [0.15, 0.2) is 0 Å². The van der Waals surface area contributed by atoms with Gasteiger partial charge in [0.2, 0.25) is 0 Å². The molecule has 0 N–H and O–H groups in total. The Hall–Kier alpha value is -6.42. The first-order chi connectivity index (χ1) is 26.2. The van der Waals surface area contributed by atoms with Gasteiger partial charge in [-0.05, 0) is 108 Å². The van der Waals surface area contributed by atoms with E-state index in [4.69, 9.17) is 0 Å². The quantitative estimate of drug-likeness (QED) is 0.157. The molecule has 0 heterocycles. The first-order valence-corrected chi connectivity index (χ1v) is 18.8. The smallest absolute Gasteiger partial charge is 0.0540 e. The third-order valence-electron chi connectivity index (χ3n) is 10.9. The Morgan fingerprint density at radius 3 is 1.06 bits per heavy atom. The first kappa shape index (κ1) is 30.2. The van der Waals surface area contributed by atoms with Crippen molar-refractivity contribution in [1.82, 2.24) is 0 Å². The average Bonchev–Trinajstić information content (AvgIpc) is 3.21. The molecule has 248 valence electrons. The fourth-order valence-corrected chi connectivity index (χ4v) is 9.12. The Morgan fingerprint density at radius 2 is 0.642 bits per heavy atom. The summed E-state index contributed by atoms with van der Waals surface area (Å²) in [5, 5.41) is 15.2. The second kappa shape index (κ2) is 11.8. The molecule has 11 aromatic carbocycles. The highest BCUT2D eigenvalue weighted by molar-refractivity contribution is 9.10. The van der Waals surface area contributed by atoms with Gasteiger partial charge in [0.1, 0.15) is 0 Å². The molecule has 0 aliphatic rings. The van der Waals surface area contributed by atoms with E-state index in [2.05, 4.69) is 214 Å². The van der Waals surface area contributed by atoms with E-state index < -0.39 is 0 Å². The molecule has 0 aliphatic carbocycles. The van der Waals surface area contributed by atoms with Gasteiger partial charge < -0.3 is 9.80 Å². The van der Waals surface area contributed by atoms with E-state index in [-0.39, 0.29) is 0 Å². The van der Waals surface area contributed by atoms with Gasteiger partial charge >= 0.3 is 0 Å². The molecule has 0 spiro atoms. The summed E-state index contributed by atoms with van der Waals surface area (Å²) in [7, 11) is 0. The van der Waals surface area contributed by atoms with Crippen LogP contribution in [0.15, 0.2) is 193 Å². The first-order valence-electron chi connectivity index (χ1n) is 18.0. The largest absolute Gasteiger partial charge is 0.310 e. The minimum absolute atomic E-state index is 1.00. The molecule has 0 saturated carbocycles. The monoisotopic (exact) mass is 738 g/mol. The van der Waals surface area contributed by atoms with Gasteiger partial charge in [-0.25, -0.2) is 0 Å². The maximum atomic E-state index is 3.99. The third-order valence-corrected chi connectivity index (χ3v) is 11.4. The molecule has 0 aromatic heterocycles. The number of hydrogen-bond donors (Lipinski definition) is 0. The standard InChI is InChI=1S/C50H31BrN2/c51-38-29-41(52(39-13-3-1-4-14-39)45-27-23-36-19-17-32-9-7-11-34-21-25-43(45)49(36)47(32)34)31-42(30-38)53(40-15-5-2-6-16-40)46-28-24-37-20-18-33-10-8-12-35-22-26-44(46)50(37)48(33)35/h1-31H. The zero-order chi connectivity index (χ0) is 35.0. The molecule has 0 amide bonds. The van der Waals surface area contributed by atoms with Gasteiger partial charge in [-0.2, -0.15) is 0 Å². The number of hydrogen-bond acceptors (Lipinski definition) is 2. The van der Waals surface area contributed by atoms with Crippen molar-refractivity contribution >= 4 is 115 Å². The molecule has 11 rings (SSSR count). The van der Waals surface area contributed by atoms with Crippen LogP contribution in [-0.2, 0) is 0 Å². The van der Waals surface area contributed by atoms with E-state index in [1.807, 2.05) is 0 Å². The number of para-hydroxylation sites is 2. The van der Waals surface area contributed by atoms with Crippen LogP contribution in [0.4, 0.5) is 34.1 Å². The highest BCUT2D eigenvalue weighted by Crippen LogP contribution is 2.48. The van der Waals surface area contributed by atoms with Crippen LogP contribution in [-0.4, -0.2) is 0 Å². The van der Waals surface area contributed by atoms with Crippen LogP contribution < -0.4 is 9.80 Å². The highest BCUT2D eigenvalue weighted by Gasteiger charge is 2.23. The number of halogens is 1. The normalized spacial score (nSPS) is 11.9. The third kappa shape index (κ3) is 4.71. The zero-order valence-electron chi connectivity index (χ0n) is 28.7. The van der Waals surface area contributed by atoms with Crippen molar-refractivity contribution < 1.29 is 0 Å². The van der Waals surface area contributed by atoms with Crippen molar-refractivity contribution in [3.05, 3.63) is 193 Å². The molecule has 53 heavy (non-hydrogen) atoms. The summed E-state index contributed by atoms with van der Waals surface area (Å²) in [6.45, 7) is 0. The van der Waals surface area contributed by atoms with Crippen LogP contribution in [0.25, 0.3) is 64.6 Å². The van der Waals surface area contributed by atoms with Crippen LogP contribution in [0.3, 0.4) is 0 Å². The van der Waals surface area contributed by atoms with E-state index in [0.29, 0.717) is 0 Å². The Kier molecular flexibility index (Phi) is 6.74. The summed E-state index contributed by atoms with van der Waals surface area (Å²) in [6.07, 6.45) is 0. The van der Waals surface area contributed by atoms with Crippen LogP contribution >= 0.6 is 15.9 Å². The second-order valence-corrected chi connectivity index (χ2v) is 14.8. The van der Waals surface area contributed by atoms with Crippen LogP contribution in [0.5, 0.6) is 0 Å². The average molecular weight is 740 g/mol. The molecule has 0 aliphatic heterocycles. The van der Waals surface area contributed by atoms with Crippen LogP contribution in [0, 0.1) is 0 Å². The van der Waals surface area contributed by atoms with Gasteiger partial charge in [0.05, 0.1) is 11.4 Å². The molecule has 0 unspecified atom stereocenters. The fourth-order valence-electron chi connectivity index (χ4n) is 8.66.